The molecule has 0 aliphatic heterocycles. The van der Waals surface area contributed by atoms with Crippen molar-refractivity contribution in [1.29, 1.82) is 0 Å². The van der Waals surface area contributed by atoms with Gasteiger partial charge in [-0.2, -0.15) is 0 Å². The van der Waals surface area contributed by atoms with Crippen LogP contribution in [0.15, 0.2) is 0 Å². The largest absolute Gasteiger partial charge is 0.481 e. The molecule has 118 valence electrons. The number of aliphatic carboxylic acids is 1. The van der Waals surface area contributed by atoms with Gasteiger partial charge in [0.15, 0.2) is 0 Å². The summed E-state index contributed by atoms with van der Waals surface area (Å²) in [6.07, 6.45) is 2.01. The zero-order valence-corrected chi connectivity index (χ0v) is 12.9. The van der Waals surface area contributed by atoms with Crippen LogP contribution in [0.3, 0.4) is 0 Å². The van der Waals surface area contributed by atoms with Crippen LogP contribution in [0, 0.1) is 0 Å². The number of carbonyl (C=O) groups excluding carboxylic acids is 1. The highest BCUT2D eigenvalue weighted by molar-refractivity contribution is 7.89. The number of carboxylic acids is 1. The first-order valence-electron chi connectivity index (χ1n) is 6.79. The second-order valence-corrected chi connectivity index (χ2v) is 6.36. The molecule has 0 fully saturated rings. The normalized spacial score (nSPS) is 11.6. The maximum Gasteiger partial charge on any atom is 0.303 e. The molecule has 0 unspecified atom stereocenters. The van der Waals surface area contributed by atoms with E-state index in [0.717, 1.165) is 0 Å². The Bertz CT molecular complexity index is 404. The van der Waals surface area contributed by atoms with Gasteiger partial charge in [-0.05, 0) is 12.8 Å². The van der Waals surface area contributed by atoms with Gasteiger partial charge in [-0.25, -0.2) is 12.7 Å². The van der Waals surface area contributed by atoms with Gasteiger partial charge in [0.25, 0.3) is 0 Å². The average Bonchev–Trinajstić information content (AvgIpc) is 2.33. The molecule has 8 heteroatoms. The first-order chi connectivity index (χ1) is 9.33. The molecule has 0 rings (SSSR count). The fourth-order valence-corrected chi connectivity index (χ4v) is 3.13. The van der Waals surface area contributed by atoms with Crippen molar-refractivity contribution in [2.24, 2.45) is 0 Å². The molecule has 0 bridgehead atoms. The van der Waals surface area contributed by atoms with Crippen LogP contribution in [0.1, 0.15) is 39.5 Å². The van der Waals surface area contributed by atoms with E-state index in [1.165, 1.54) is 4.31 Å². The SMILES string of the molecule is CCN(CC)S(=O)(=O)CC(=O)NCCCCCC(=O)O. The van der Waals surface area contributed by atoms with E-state index < -0.39 is 27.7 Å². The maximum absolute atomic E-state index is 11.8. The zero-order valence-electron chi connectivity index (χ0n) is 12.1. The number of carbonyl (C=O) groups is 2. The first kappa shape index (κ1) is 18.9. The molecule has 7 nitrogen and oxygen atoms in total. The molecule has 0 heterocycles. The van der Waals surface area contributed by atoms with Crippen molar-refractivity contribution in [3.05, 3.63) is 0 Å². The lowest BCUT2D eigenvalue weighted by molar-refractivity contribution is -0.137. The molecule has 0 spiro atoms. The summed E-state index contributed by atoms with van der Waals surface area (Å²) in [5.74, 6) is -1.89. The van der Waals surface area contributed by atoms with Crippen LogP contribution in [-0.2, 0) is 19.6 Å². The fourth-order valence-electron chi connectivity index (χ4n) is 1.73. The molecular formula is C12H24N2O5S. The highest BCUT2D eigenvalue weighted by Gasteiger charge is 2.22. The summed E-state index contributed by atoms with van der Waals surface area (Å²) in [5, 5.41) is 11.0. The molecule has 0 aromatic heterocycles. The van der Waals surface area contributed by atoms with E-state index >= 15 is 0 Å². The molecular weight excluding hydrogens is 284 g/mol. The van der Waals surface area contributed by atoms with E-state index in [4.69, 9.17) is 5.11 Å². The van der Waals surface area contributed by atoms with E-state index in [0.29, 0.717) is 38.9 Å². The lowest BCUT2D eigenvalue weighted by Gasteiger charge is -2.17. The Hall–Kier alpha value is -1.15. The molecule has 0 radical (unpaired) electrons. The van der Waals surface area contributed by atoms with Gasteiger partial charge in [0.1, 0.15) is 5.75 Å². The maximum atomic E-state index is 11.8. The molecule has 2 N–H and O–H groups in total. The Balaban J connectivity index is 3.91. The fraction of sp³-hybridized carbons (Fsp3) is 0.833. The van der Waals surface area contributed by atoms with Crippen molar-refractivity contribution >= 4 is 21.9 Å². The number of sulfonamides is 1. The molecule has 0 aromatic carbocycles. The second kappa shape index (κ2) is 9.71. The summed E-state index contributed by atoms with van der Waals surface area (Å²) >= 11 is 0. The van der Waals surface area contributed by atoms with Gasteiger partial charge in [0, 0.05) is 26.1 Å². The lowest BCUT2D eigenvalue weighted by atomic mass is 10.2. The van der Waals surface area contributed by atoms with E-state index in [-0.39, 0.29) is 6.42 Å². The number of hydrogen-bond acceptors (Lipinski definition) is 4. The van der Waals surface area contributed by atoms with Crippen LogP contribution in [-0.4, -0.2) is 55.1 Å². The molecule has 0 atom stereocenters. The number of hydrogen-bond donors (Lipinski definition) is 2. The van der Waals surface area contributed by atoms with Crippen LogP contribution in [0.5, 0.6) is 0 Å². The number of nitrogens with zero attached hydrogens (tertiary/aromatic N) is 1. The lowest BCUT2D eigenvalue weighted by Crippen LogP contribution is -2.39. The Morgan fingerprint density at radius 1 is 1.10 bits per heavy atom. The third-order valence-electron chi connectivity index (χ3n) is 2.80. The summed E-state index contributed by atoms with van der Waals surface area (Å²) in [6.45, 7) is 4.51. The Kier molecular flexibility index (Phi) is 9.15. The minimum atomic E-state index is -3.54. The van der Waals surface area contributed by atoms with Crippen molar-refractivity contribution in [1.82, 2.24) is 9.62 Å². The summed E-state index contributed by atoms with van der Waals surface area (Å²) in [7, 11) is -3.54. The molecule has 0 saturated heterocycles. The van der Waals surface area contributed by atoms with Gasteiger partial charge >= 0.3 is 5.97 Å². The molecule has 20 heavy (non-hydrogen) atoms. The first-order valence-corrected chi connectivity index (χ1v) is 8.40. The van der Waals surface area contributed by atoms with E-state index in [1.807, 2.05) is 0 Å². The van der Waals surface area contributed by atoms with Crippen molar-refractivity contribution in [2.45, 2.75) is 39.5 Å². The molecule has 0 saturated carbocycles. The molecule has 0 aliphatic rings. The number of rotatable bonds is 11. The minimum absolute atomic E-state index is 0.115. The predicted molar refractivity (Wildman–Crippen MR) is 75.8 cm³/mol. The molecule has 1 amide bonds. The minimum Gasteiger partial charge on any atom is -0.481 e. The van der Waals surface area contributed by atoms with E-state index in [1.54, 1.807) is 13.8 Å². The average molecular weight is 308 g/mol. The van der Waals surface area contributed by atoms with Gasteiger partial charge in [-0.3, -0.25) is 9.59 Å². The third-order valence-corrected chi connectivity index (χ3v) is 4.73. The Labute approximate surface area is 120 Å². The second-order valence-electron chi connectivity index (χ2n) is 4.39. The predicted octanol–water partition coefficient (Wildman–Crippen LogP) is 0.419. The summed E-state index contributed by atoms with van der Waals surface area (Å²) in [4.78, 5) is 21.8. The number of unbranched alkanes of at least 4 members (excludes halogenated alkanes) is 2. The van der Waals surface area contributed by atoms with Gasteiger partial charge in [-0.1, -0.05) is 20.3 Å². The van der Waals surface area contributed by atoms with Crippen LogP contribution < -0.4 is 5.32 Å². The quantitative estimate of drug-likeness (QED) is 0.538. The van der Waals surface area contributed by atoms with Crippen molar-refractivity contribution in [3.63, 3.8) is 0 Å². The van der Waals surface area contributed by atoms with Gasteiger partial charge in [-0.15, -0.1) is 0 Å². The van der Waals surface area contributed by atoms with Gasteiger partial charge in [0.05, 0.1) is 0 Å². The van der Waals surface area contributed by atoms with E-state index in [9.17, 15) is 18.0 Å². The van der Waals surface area contributed by atoms with Gasteiger partial charge in [0.2, 0.25) is 15.9 Å². The zero-order chi connectivity index (χ0) is 15.6. The standard InChI is InChI=1S/C12H24N2O5S/c1-3-14(4-2)20(18,19)10-11(15)13-9-7-5-6-8-12(16)17/h3-10H2,1-2H3,(H,13,15)(H,16,17). The van der Waals surface area contributed by atoms with Crippen LogP contribution in [0.4, 0.5) is 0 Å². The van der Waals surface area contributed by atoms with E-state index in [2.05, 4.69) is 5.32 Å². The third kappa shape index (κ3) is 8.11. The monoisotopic (exact) mass is 308 g/mol. The Morgan fingerprint density at radius 3 is 2.20 bits per heavy atom. The van der Waals surface area contributed by atoms with Crippen molar-refractivity contribution < 1.29 is 23.1 Å². The van der Waals surface area contributed by atoms with Gasteiger partial charge < -0.3 is 10.4 Å². The highest BCUT2D eigenvalue weighted by atomic mass is 32.2. The smallest absolute Gasteiger partial charge is 0.303 e. The highest BCUT2D eigenvalue weighted by Crippen LogP contribution is 2.01. The summed E-state index contributed by atoms with van der Waals surface area (Å²) in [5.41, 5.74) is 0. The van der Waals surface area contributed by atoms with Crippen LogP contribution in [0.25, 0.3) is 0 Å². The number of nitrogens with one attached hydrogen (secondary N) is 1. The molecule has 0 aliphatic carbocycles. The topological polar surface area (TPSA) is 104 Å². The summed E-state index contributed by atoms with van der Waals surface area (Å²) in [6, 6.07) is 0. The molecule has 0 aromatic rings. The number of carboxylic acid groups (broad SMARTS) is 1. The summed E-state index contributed by atoms with van der Waals surface area (Å²) < 4.78 is 24.9. The van der Waals surface area contributed by atoms with Crippen LogP contribution >= 0.6 is 0 Å². The Morgan fingerprint density at radius 2 is 1.70 bits per heavy atom. The van der Waals surface area contributed by atoms with Crippen LogP contribution in [0.2, 0.25) is 0 Å². The van der Waals surface area contributed by atoms with Crippen molar-refractivity contribution in [3.8, 4) is 0 Å². The number of amides is 1. The van der Waals surface area contributed by atoms with Crippen molar-refractivity contribution in [2.75, 3.05) is 25.4 Å².